The van der Waals surface area contributed by atoms with Crippen molar-refractivity contribution in [3.8, 4) is 0 Å². The van der Waals surface area contributed by atoms with Gasteiger partial charge in [0.25, 0.3) is 0 Å². The Morgan fingerprint density at radius 3 is 2.52 bits per heavy atom. The Hall–Kier alpha value is -2.17. The molecule has 1 saturated heterocycles. The van der Waals surface area contributed by atoms with Gasteiger partial charge in [0.2, 0.25) is 5.91 Å². The van der Waals surface area contributed by atoms with E-state index in [1.807, 2.05) is 55.5 Å². The molecule has 1 heterocycles. The number of hydrogen-bond donors (Lipinski definition) is 2. The Kier molecular flexibility index (Phi) is 6.30. The van der Waals surface area contributed by atoms with E-state index in [4.69, 9.17) is 5.73 Å². The number of rotatable bonds is 6. The second-order valence-corrected chi connectivity index (χ2v) is 7.81. The molecule has 1 fully saturated rings. The Balaban J connectivity index is 1.68. The smallest absolute Gasteiger partial charge is 0.224 e. The number of carbonyl (C=O) groups excluding carboxylic acids is 1. The number of hydrogen-bond acceptors (Lipinski definition) is 3. The number of piperidine rings is 1. The SMILES string of the molecule is CC(C(N)=O)c1ccccc1C1CCN(CC(O)c2ccccc2)CC1C. The molecular weight excluding hydrogens is 336 g/mol. The fourth-order valence-corrected chi connectivity index (χ4v) is 4.28. The number of likely N-dealkylation sites (tertiary alicyclic amines) is 1. The molecule has 2 aromatic rings. The molecule has 2 aromatic carbocycles. The van der Waals surface area contributed by atoms with Gasteiger partial charge < -0.3 is 15.7 Å². The highest BCUT2D eigenvalue weighted by Crippen LogP contribution is 2.37. The number of aliphatic hydroxyl groups excluding tert-OH is 1. The first-order valence-corrected chi connectivity index (χ1v) is 9.81. The lowest BCUT2D eigenvalue weighted by Crippen LogP contribution is -2.40. The largest absolute Gasteiger partial charge is 0.387 e. The number of aliphatic hydroxyl groups is 1. The molecular formula is C23H30N2O2. The summed E-state index contributed by atoms with van der Waals surface area (Å²) < 4.78 is 0. The lowest BCUT2D eigenvalue weighted by molar-refractivity contribution is -0.119. The summed E-state index contributed by atoms with van der Waals surface area (Å²) in [5, 5.41) is 10.5. The molecule has 4 nitrogen and oxygen atoms in total. The summed E-state index contributed by atoms with van der Waals surface area (Å²) in [4.78, 5) is 14.1. The molecule has 0 radical (unpaired) electrons. The molecule has 4 atom stereocenters. The van der Waals surface area contributed by atoms with Crippen molar-refractivity contribution in [3.63, 3.8) is 0 Å². The predicted molar refractivity (Wildman–Crippen MR) is 108 cm³/mol. The zero-order chi connectivity index (χ0) is 19.4. The minimum atomic E-state index is -0.461. The quantitative estimate of drug-likeness (QED) is 0.823. The van der Waals surface area contributed by atoms with Crippen molar-refractivity contribution in [1.82, 2.24) is 4.90 Å². The molecule has 0 aliphatic carbocycles. The number of amides is 1. The first-order chi connectivity index (χ1) is 13.0. The fraction of sp³-hybridized carbons (Fsp3) is 0.435. The van der Waals surface area contributed by atoms with Gasteiger partial charge in [-0.25, -0.2) is 0 Å². The molecule has 1 aliphatic heterocycles. The maximum atomic E-state index is 11.7. The van der Waals surface area contributed by atoms with Gasteiger partial charge in [-0.1, -0.05) is 61.5 Å². The Labute approximate surface area is 162 Å². The topological polar surface area (TPSA) is 66.6 Å². The van der Waals surface area contributed by atoms with E-state index in [1.165, 1.54) is 5.56 Å². The van der Waals surface area contributed by atoms with Crippen LogP contribution in [0.1, 0.15) is 54.9 Å². The minimum absolute atomic E-state index is 0.272. The average Bonchev–Trinajstić information content (AvgIpc) is 2.68. The van der Waals surface area contributed by atoms with Crippen molar-refractivity contribution >= 4 is 5.91 Å². The second kappa shape index (κ2) is 8.68. The van der Waals surface area contributed by atoms with E-state index in [9.17, 15) is 9.90 Å². The van der Waals surface area contributed by atoms with Crippen molar-refractivity contribution in [1.29, 1.82) is 0 Å². The van der Waals surface area contributed by atoms with E-state index in [0.29, 0.717) is 18.4 Å². The molecule has 0 spiro atoms. The van der Waals surface area contributed by atoms with Crippen LogP contribution < -0.4 is 5.73 Å². The molecule has 4 heteroatoms. The zero-order valence-electron chi connectivity index (χ0n) is 16.2. The van der Waals surface area contributed by atoms with Crippen LogP contribution >= 0.6 is 0 Å². The number of nitrogens with two attached hydrogens (primary N) is 1. The van der Waals surface area contributed by atoms with Crippen molar-refractivity contribution < 1.29 is 9.90 Å². The number of nitrogens with zero attached hydrogens (tertiary/aromatic N) is 1. The molecule has 3 N–H and O–H groups in total. The summed E-state index contributed by atoms with van der Waals surface area (Å²) in [5.74, 6) is 0.306. The number of β-amino-alcohol motifs (C(OH)–C–C–N with tert-alkyl or cyclic N) is 1. The number of carbonyl (C=O) groups is 1. The van der Waals surface area contributed by atoms with Gasteiger partial charge >= 0.3 is 0 Å². The maximum absolute atomic E-state index is 11.7. The molecule has 0 saturated carbocycles. The third-order valence-electron chi connectivity index (χ3n) is 5.89. The third-order valence-corrected chi connectivity index (χ3v) is 5.89. The first kappa shape index (κ1) is 19.6. The van der Waals surface area contributed by atoms with Gasteiger partial charge in [0.05, 0.1) is 12.0 Å². The highest BCUT2D eigenvalue weighted by molar-refractivity contribution is 5.81. The summed E-state index contributed by atoms with van der Waals surface area (Å²) in [7, 11) is 0. The lowest BCUT2D eigenvalue weighted by atomic mass is 9.77. The molecule has 4 unspecified atom stereocenters. The first-order valence-electron chi connectivity index (χ1n) is 9.81. The number of primary amides is 1. The van der Waals surface area contributed by atoms with Gasteiger partial charge in [-0.05, 0) is 48.4 Å². The van der Waals surface area contributed by atoms with Crippen LogP contribution in [0.2, 0.25) is 0 Å². The summed E-state index contributed by atoms with van der Waals surface area (Å²) in [6.07, 6.45) is 0.558. The van der Waals surface area contributed by atoms with E-state index in [1.54, 1.807) is 0 Å². The van der Waals surface area contributed by atoms with Gasteiger partial charge in [0.1, 0.15) is 0 Å². The highest BCUT2D eigenvalue weighted by atomic mass is 16.3. The molecule has 1 aliphatic rings. The van der Waals surface area contributed by atoms with Gasteiger partial charge in [-0.2, -0.15) is 0 Å². The molecule has 1 amide bonds. The molecule has 3 rings (SSSR count). The van der Waals surface area contributed by atoms with Crippen LogP contribution in [-0.2, 0) is 4.79 Å². The van der Waals surface area contributed by atoms with E-state index in [-0.39, 0.29) is 11.8 Å². The Morgan fingerprint density at radius 2 is 1.85 bits per heavy atom. The summed E-state index contributed by atoms with van der Waals surface area (Å²) in [6, 6.07) is 18.0. The highest BCUT2D eigenvalue weighted by Gasteiger charge is 2.31. The Morgan fingerprint density at radius 1 is 1.19 bits per heavy atom. The van der Waals surface area contributed by atoms with Gasteiger partial charge in [0, 0.05) is 13.1 Å². The third kappa shape index (κ3) is 4.57. The molecule has 144 valence electrons. The van der Waals surface area contributed by atoms with E-state index >= 15 is 0 Å². The molecule has 0 bridgehead atoms. The normalized spacial score (nSPS) is 22.9. The monoisotopic (exact) mass is 366 g/mol. The van der Waals surface area contributed by atoms with E-state index < -0.39 is 6.10 Å². The summed E-state index contributed by atoms with van der Waals surface area (Å²) in [6.45, 7) is 6.68. The van der Waals surface area contributed by atoms with E-state index in [0.717, 1.165) is 30.6 Å². The van der Waals surface area contributed by atoms with Crippen LogP contribution in [-0.4, -0.2) is 35.5 Å². The fourth-order valence-electron chi connectivity index (χ4n) is 4.28. The minimum Gasteiger partial charge on any atom is -0.387 e. The number of benzene rings is 2. The summed E-state index contributed by atoms with van der Waals surface area (Å²) in [5.41, 5.74) is 8.83. The predicted octanol–water partition coefficient (Wildman–Crippen LogP) is 3.43. The van der Waals surface area contributed by atoms with Crippen molar-refractivity contribution in [2.45, 2.75) is 38.2 Å². The van der Waals surface area contributed by atoms with E-state index in [2.05, 4.69) is 17.9 Å². The molecule has 0 aromatic heterocycles. The van der Waals surface area contributed by atoms with Crippen LogP contribution in [0, 0.1) is 5.92 Å². The average molecular weight is 367 g/mol. The second-order valence-electron chi connectivity index (χ2n) is 7.81. The van der Waals surface area contributed by atoms with Crippen LogP contribution in [0.4, 0.5) is 0 Å². The van der Waals surface area contributed by atoms with Crippen LogP contribution in [0.5, 0.6) is 0 Å². The maximum Gasteiger partial charge on any atom is 0.224 e. The van der Waals surface area contributed by atoms with Gasteiger partial charge in [0.15, 0.2) is 0 Å². The van der Waals surface area contributed by atoms with Crippen molar-refractivity contribution in [2.24, 2.45) is 11.7 Å². The van der Waals surface area contributed by atoms with Crippen LogP contribution in [0.15, 0.2) is 54.6 Å². The van der Waals surface area contributed by atoms with Crippen LogP contribution in [0.3, 0.4) is 0 Å². The molecule has 27 heavy (non-hydrogen) atoms. The van der Waals surface area contributed by atoms with Gasteiger partial charge in [-0.3, -0.25) is 4.79 Å². The van der Waals surface area contributed by atoms with Gasteiger partial charge in [-0.15, -0.1) is 0 Å². The standard InChI is InChI=1S/C23H30N2O2/c1-16-14-25(15-22(26)18-8-4-3-5-9-18)13-12-19(16)21-11-7-6-10-20(21)17(2)23(24)27/h3-11,16-17,19,22,26H,12-15H2,1-2H3,(H2,24,27). The summed E-state index contributed by atoms with van der Waals surface area (Å²) >= 11 is 0. The van der Waals surface area contributed by atoms with Crippen molar-refractivity contribution in [2.75, 3.05) is 19.6 Å². The van der Waals surface area contributed by atoms with Crippen LogP contribution in [0.25, 0.3) is 0 Å². The Bertz CT molecular complexity index is 762. The van der Waals surface area contributed by atoms with Crippen molar-refractivity contribution in [3.05, 3.63) is 71.3 Å². The zero-order valence-corrected chi connectivity index (χ0v) is 16.2. The lowest BCUT2D eigenvalue weighted by Gasteiger charge is -2.39.